The van der Waals surface area contributed by atoms with Crippen LogP contribution in [0.15, 0.2) is 34.6 Å². The molecule has 6 rings (SSSR count). The van der Waals surface area contributed by atoms with Crippen LogP contribution in [0, 0.1) is 40.9 Å². The molecule has 0 spiro atoms. The van der Waals surface area contributed by atoms with Gasteiger partial charge in [-0.05, 0) is 49.9 Å². The van der Waals surface area contributed by atoms with Crippen molar-refractivity contribution in [2.75, 3.05) is 0 Å². The summed E-state index contributed by atoms with van der Waals surface area (Å²) in [5, 5.41) is 41.5. The molecule has 3 aliphatic carbocycles. The van der Waals surface area contributed by atoms with Crippen LogP contribution >= 0.6 is 0 Å². The molecule has 4 fully saturated rings. The Morgan fingerprint density at radius 3 is 2.67 bits per heavy atom. The van der Waals surface area contributed by atoms with Gasteiger partial charge in [0.05, 0.1) is 24.0 Å². The summed E-state index contributed by atoms with van der Waals surface area (Å²) in [6.07, 6.45) is 2.13. The van der Waals surface area contributed by atoms with Gasteiger partial charge in [-0.25, -0.2) is 9.48 Å². The molecule has 4 N–H and O–H groups in total. The van der Waals surface area contributed by atoms with E-state index in [1.54, 1.807) is 13.0 Å². The second kappa shape index (κ2) is 12.7. The van der Waals surface area contributed by atoms with Gasteiger partial charge in [0.1, 0.15) is 30.8 Å². The van der Waals surface area contributed by atoms with Gasteiger partial charge in [0.25, 0.3) is 5.56 Å². The minimum absolute atomic E-state index is 0.0266. The summed E-state index contributed by atoms with van der Waals surface area (Å²) in [7, 11) is 0. The van der Waals surface area contributed by atoms with E-state index in [2.05, 4.69) is 42.6 Å². The maximum atomic E-state index is 13.6. The van der Waals surface area contributed by atoms with Crippen LogP contribution < -0.4 is 11.2 Å². The summed E-state index contributed by atoms with van der Waals surface area (Å²) in [6.45, 7) is 13.6. The molecule has 2 aromatic heterocycles. The average molecular weight is 684 g/mol. The third-order valence-electron chi connectivity index (χ3n) is 12.8. The van der Waals surface area contributed by atoms with Gasteiger partial charge in [-0.2, -0.15) is 0 Å². The van der Waals surface area contributed by atoms with Crippen molar-refractivity contribution in [1.29, 1.82) is 0 Å². The third-order valence-corrected chi connectivity index (χ3v) is 12.8. The Labute approximate surface area is 284 Å². The number of Topliss-reactive ketones (excluding diaryl/α,β-unsaturated/α-hetero) is 1. The van der Waals surface area contributed by atoms with Crippen molar-refractivity contribution >= 4 is 11.8 Å². The number of carbonyl (C=O) groups excluding carboxylic acids is 2. The third kappa shape index (κ3) is 5.83. The second-order valence-corrected chi connectivity index (χ2v) is 15.6. The zero-order valence-electron chi connectivity index (χ0n) is 28.9. The number of aliphatic hydroxyl groups excluding tert-OH is 3. The molecule has 3 heterocycles. The number of carbonyl (C=O) groups is 2. The van der Waals surface area contributed by atoms with Gasteiger partial charge in [0.15, 0.2) is 0 Å². The maximum absolute atomic E-state index is 13.6. The number of hydrogen-bond acceptors (Lipinski definition) is 11. The number of rotatable bonds is 8. The number of nitrogens with zero attached hydrogens (tertiary/aromatic N) is 4. The fraction of sp³-hybridized carbons (Fsp3) is 0.714. The first-order valence-corrected chi connectivity index (χ1v) is 17.3. The molecule has 4 aliphatic rings. The van der Waals surface area contributed by atoms with E-state index in [0.717, 1.165) is 12.8 Å². The van der Waals surface area contributed by atoms with Gasteiger partial charge in [-0.3, -0.25) is 23.9 Å². The number of hydrogen-bond donors (Lipinski definition) is 4. The summed E-state index contributed by atoms with van der Waals surface area (Å²) < 4.78 is 14.6. The van der Waals surface area contributed by atoms with E-state index in [1.807, 2.05) is 6.92 Å². The number of aliphatic hydroxyl groups is 3. The SMILES string of the molecule is C=C[C@]1(C)C[C@@H](OC(=O)Cn2cc(C[C@@H](O)[C@@H]3O[C@H](n4cc(C)c(=O)[nH]c4=O)C[C@H]3O)nn2)[C@]2(C)[C@H](C)CC[C@]3(CCC(=O)[C@@H]32)[C@@H](C)[C@@H]1O. The van der Waals surface area contributed by atoms with Crippen LogP contribution in [0.4, 0.5) is 0 Å². The number of ether oxygens (including phenoxy) is 2. The highest BCUT2D eigenvalue weighted by Gasteiger charge is 2.68. The van der Waals surface area contributed by atoms with Crippen LogP contribution in [0.25, 0.3) is 0 Å². The first-order chi connectivity index (χ1) is 23.0. The number of aromatic amines is 1. The highest BCUT2D eigenvalue weighted by atomic mass is 16.6. The molecule has 1 aliphatic heterocycles. The lowest BCUT2D eigenvalue weighted by molar-refractivity contribution is -0.207. The van der Waals surface area contributed by atoms with Crippen molar-refractivity contribution in [2.45, 2.75) is 123 Å². The molecule has 0 amide bonds. The molecule has 1 saturated heterocycles. The van der Waals surface area contributed by atoms with Crippen LogP contribution in [-0.2, 0) is 32.0 Å². The van der Waals surface area contributed by atoms with Crippen molar-refractivity contribution < 1.29 is 34.4 Å². The molecule has 14 nitrogen and oxygen atoms in total. The standard InChI is InChI=1S/C35H49N5O9/c1-7-33(5)14-25(34(6)19(3)8-10-35(20(4)30(33)45)11-9-22(41)29(34)35)48-27(44)17-39-16-21(37-38-39)12-23(42)28-24(43)13-26(49-28)40-15-18(2)31(46)36-32(40)47/h7,15-16,19-20,23-26,28-30,42-43,45H,1,8-14,17H2,2-6H3,(H,36,46,47)/t19-,20+,23-,24-,25-,26+,28+,29-,30+,33-,34+,35+/m1/s1. The Morgan fingerprint density at radius 1 is 1.22 bits per heavy atom. The maximum Gasteiger partial charge on any atom is 0.330 e. The van der Waals surface area contributed by atoms with Gasteiger partial charge in [-0.15, -0.1) is 11.7 Å². The van der Waals surface area contributed by atoms with Crippen LogP contribution in [0.3, 0.4) is 0 Å². The normalized spacial score (nSPS) is 39.6. The summed E-state index contributed by atoms with van der Waals surface area (Å²) in [6, 6.07) is 0. The molecule has 0 aromatic carbocycles. The molecule has 0 radical (unpaired) electrons. The number of ketones is 1. The van der Waals surface area contributed by atoms with E-state index in [-0.39, 0.29) is 48.3 Å². The highest BCUT2D eigenvalue weighted by molar-refractivity contribution is 5.85. The molecule has 3 saturated carbocycles. The van der Waals surface area contributed by atoms with Crippen molar-refractivity contribution in [3.8, 4) is 0 Å². The minimum Gasteiger partial charge on any atom is -0.460 e. The van der Waals surface area contributed by atoms with Crippen LogP contribution in [-0.4, -0.2) is 82.1 Å². The predicted octanol–water partition coefficient (Wildman–Crippen LogP) is 1.60. The Kier molecular flexibility index (Phi) is 9.17. The van der Waals surface area contributed by atoms with Crippen LogP contribution in [0.1, 0.15) is 83.7 Å². The predicted molar refractivity (Wildman–Crippen MR) is 175 cm³/mol. The Bertz CT molecular complexity index is 1740. The van der Waals surface area contributed by atoms with Crippen molar-refractivity contribution in [3.05, 3.63) is 57.1 Å². The number of esters is 1. The molecular formula is C35H49N5O9. The first kappa shape index (κ1) is 35.4. The highest BCUT2D eigenvalue weighted by Crippen LogP contribution is 2.68. The lowest BCUT2D eigenvalue weighted by Crippen LogP contribution is -2.63. The van der Waals surface area contributed by atoms with E-state index in [1.165, 1.54) is 21.6 Å². The number of nitrogens with one attached hydrogen (secondary N) is 1. The van der Waals surface area contributed by atoms with E-state index < -0.39 is 64.8 Å². The molecule has 14 heteroatoms. The lowest BCUT2D eigenvalue weighted by Gasteiger charge is -2.61. The van der Waals surface area contributed by atoms with Crippen molar-refractivity contribution in [1.82, 2.24) is 24.5 Å². The zero-order valence-corrected chi connectivity index (χ0v) is 28.9. The Morgan fingerprint density at radius 2 is 1.96 bits per heavy atom. The zero-order chi connectivity index (χ0) is 35.6. The van der Waals surface area contributed by atoms with Gasteiger partial charge < -0.3 is 24.8 Å². The first-order valence-electron chi connectivity index (χ1n) is 17.3. The average Bonchev–Trinajstić information content (AvgIpc) is 3.76. The van der Waals surface area contributed by atoms with Gasteiger partial charge in [-0.1, -0.05) is 39.0 Å². The molecule has 12 atom stereocenters. The summed E-state index contributed by atoms with van der Waals surface area (Å²) in [5.41, 5.74) is -2.32. The Hall–Kier alpha value is -3.46. The van der Waals surface area contributed by atoms with Crippen molar-refractivity contribution in [2.24, 2.45) is 34.0 Å². The lowest BCUT2D eigenvalue weighted by atomic mass is 9.44. The number of H-pyrrole nitrogens is 1. The smallest absolute Gasteiger partial charge is 0.330 e. The molecule has 2 bridgehead atoms. The number of aromatic nitrogens is 5. The van der Waals surface area contributed by atoms with E-state index in [0.29, 0.717) is 30.5 Å². The van der Waals surface area contributed by atoms with Gasteiger partial charge in [0.2, 0.25) is 0 Å². The molecular weight excluding hydrogens is 634 g/mol. The summed E-state index contributed by atoms with van der Waals surface area (Å²) in [4.78, 5) is 53.5. The van der Waals surface area contributed by atoms with E-state index in [4.69, 9.17) is 9.47 Å². The molecule has 0 unspecified atom stereocenters. The van der Waals surface area contributed by atoms with Crippen LogP contribution in [0.5, 0.6) is 0 Å². The fourth-order valence-electron chi connectivity index (χ4n) is 9.66. The number of aryl methyl sites for hydroxylation is 1. The monoisotopic (exact) mass is 683 g/mol. The van der Waals surface area contributed by atoms with E-state index in [9.17, 15) is 34.5 Å². The largest absolute Gasteiger partial charge is 0.460 e. The summed E-state index contributed by atoms with van der Waals surface area (Å²) in [5.74, 6) is -0.748. The second-order valence-electron chi connectivity index (χ2n) is 15.6. The van der Waals surface area contributed by atoms with Crippen LogP contribution in [0.2, 0.25) is 0 Å². The fourth-order valence-corrected chi connectivity index (χ4v) is 9.66. The van der Waals surface area contributed by atoms with E-state index >= 15 is 0 Å². The molecule has 268 valence electrons. The molecule has 49 heavy (non-hydrogen) atoms. The Balaban J connectivity index is 1.16. The summed E-state index contributed by atoms with van der Waals surface area (Å²) >= 11 is 0. The van der Waals surface area contributed by atoms with Gasteiger partial charge in [0, 0.05) is 54.0 Å². The quantitative estimate of drug-likeness (QED) is 0.233. The minimum atomic E-state index is -1.21. The molecule has 2 aromatic rings. The van der Waals surface area contributed by atoms with Crippen molar-refractivity contribution in [3.63, 3.8) is 0 Å². The topological polar surface area (TPSA) is 199 Å². The van der Waals surface area contributed by atoms with Gasteiger partial charge >= 0.3 is 11.7 Å².